The van der Waals surface area contributed by atoms with Crippen molar-refractivity contribution < 1.29 is 9.53 Å². The Kier molecular flexibility index (Phi) is 6.24. The number of benzene rings is 1. The number of rotatable bonds is 8. The standard InChI is InChI=1S/C17H19N5O2S2/c1-3-22-15(12(2)24-13-7-5-4-6-8-13)20-21-17(22)26-11-14(23)19-16-18-9-10-25-16/h4-10,12H,3,11H2,1-2H3,(H,18,19,23)/t12-/m0/s1. The van der Waals surface area contributed by atoms with Crippen LogP contribution in [-0.4, -0.2) is 31.4 Å². The second kappa shape index (κ2) is 8.81. The van der Waals surface area contributed by atoms with E-state index in [1.54, 1.807) is 6.20 Å². The average molecular weight is 390 g/mol. The predicted octanol–water partition coefficient (Wildman–Crippen LogP) is 3.63. The van der Waals surface area contributed by atoms with Gasteiger partial charge in [0, 0.05) is 18.1 Å². The van der Waals surface area contributed by atoms with Crippen LogP contribution in [0, 0.1) is 0 Å². The molecule has 3 rings (SSSR count). The lowest BCUT2D eigenvalue weighted by Crippen LogP contribution is -2.15. The Bertz CT molecular complexity index is 836. The number of ether oxygens (including phenoxy) is 1. The Morgan fingerprint density at radius 3 is 2.85 bits per heavy atom. The zero-order valence-corrected chi connectivity index (χ0v) is 16.1. The van der Waals surface area contributed by atoms with Gasteiger partial charge in [0.1, 0.15) is 5.75 Å². The first kappa shape index (κ1) is 18.4. The SMILES string of the molecule is CCn1c(SCC(=O)Nc2nccs2)nnc1[C@H](C)Oc1ccccc1. The molecule has 0 saturated heterocycles. The van der Waals surface area contributed by atoms with Crippen LogP contribution < -0.4 is 10.1 Å². The van der Waals surface area contributed by atoms with E-state index >= 15 is 0 Å². The summed E-state index contributed by atoms with van der Waals surface area (Å²) in [6.45, 7) is 4.65. The second-order valence-electron chi connectivity index (χ2n) is 5.33. The molecule has 0 saturated carbocycles. The van der Waals surface area contributed by atoms with Crippen LogP contribution in [0.1, 0.15) is 25.8 Å². The Balaban J connectivity index is 1.63. The number of carbonyl (C=O) groups is 1. The van der Waals surface area contributed by atoms with E-state index in [1.807, 2.05) is 54.1 Å². The molecule has 2 heterocycles. The molecule has 0 unspecified atom stereocenters. The first-order valence-corrected chi connectivity index (χ1v) is 10.0. The maximum Gasteiger partial charge on any atom is 0.236 e. The van der Waals surface area contributed by atoms with Crippen LogP contribution in [0.15, 0.2) is 47.1 Å². The Hall–Kier alpha value is -2.39. The Morgan fingerprint density at radius 1 is 1.35 bits per heavy atom. The highest BCUT2D eigenvalue weighted by atomic mass is 32.2. The van der Waals surface area contributed by atoms with Gasteiger partial charge in [-0.25, -0.2) is 4.98 Å². The van der Waals surface area contributed by atoms with Gasteiger partial charge in [-0.1, -0.05) is 30.0 Å². The number of anilines is 1. The number of amides is 1. The molecule has 136 valence electrons. The molecule has 1 atom stereocenters. The van der Waals surface area contributed by atoms with E-state index in [9.17, 15) is 4.79 Å². The lowest BCUT2D eigenvalue weighted by molar-refractivity contribution is -0.113. The summed E-state index contributed by atoms with van der Waals surface area (Å²) >= 11 is 2.73. The molecule has 0 aliphatic rings. The fourth-order valence-corrected chi connectivity index (χ4v) is 3.69. The van der Waals surface area contributed by atoms with Gasteiger partial charge in [-0.05, 0) is 26.0 Å². The summed E-state index contributed by atoms with van der Waals surface area (Å²) in [5, 5.41) is 14.3. The van der Waals surface area contributed by atoms with Gasteiger partial charge in [-0.15, -0.1) is 21.5 Å². The minimum atomic E-state index is -0.247. The zero-order valence-electron chi connectivity index (χ0n) is 14.5. The minimum absolute atomic E-state index is 0.120. The van der Waals surface area contributed by atoms with Crippen molar-refractivity contribution in [2.24, 2.45) is 0 Å². The van der Waals surface area contributed by atoms with E-state index in [-0.39, 0.29) is 17.8 Å². The molecule has 26 heavy (non-hydrogen) atoms. The van der Waals surface area contributed by atoms with Crippen LogP contribution >= 0.6 is 23.1 Å². The summed E-state index contributed by atoms with van der Waals surface area (Å²) in [6, 6.07) is 9.60. The van der Waals surface area contributed by atoms with Crippen molar-refractivity contribution in [1.82, 2.24) is 19.7 Å². The van der Waals surface area contributed by atoms with Crippen LogP contribution in [0.4, 0.5) is 5.13 Å². The lowest BCUT2D eigenvalue weighted by Gasteiger charge is -2.15. The lowest BCUT2D eigenvalue weighted by atomic mass is 10.3. The van der Waals surface area contributed by atoms with Gasteiger partial charge in [0.15, 0.2) is 22.2 Å². The molecule has 0 spiro atoms. The van der Waals surface area contributed by atoms with Crippen molar-refractivity contribution in [3.63, 3.8) is 0 Å². The smallest absolute Gasteiger partial charge is 0.236 e. The van der Waals surface area contributed by atoms with Gasteiger partial charge in [-0.3, -0.25) is 4.79 Å². The highest BCUT2D eigenvalue weighted by molar-refractivity contribution is 7.99. The summed E-state index contributed by atoms with van der Waals surface area (Å²) in [7, 11) is 0. The summed E-state index contributed by atoms with van der Waals surface area (Å²) in [4.78, 5) is 16.1. The van der Waals surface area contributed by atoms with Crippen molar-refractivity contribution in [3.8, 4) is 5.75 Å². The normalized spacial score (nSPS) is 11.9. The maximum absolute atomic E-state index is 12.0. The van der Waals surface area contributed by atoms with Gasteiger partial charge >= 0.3 is 0 Å². The van der Waals surface area contributed by atoms with Crippen LogP contribution in [0.5, 0.6) is 5.75 Å². The molecule has 3 aromatic rings. The van der Waals surface area contributed by atoms with Gasteiger partial charge in [0.05, 0.1) is 5.75 Å². The van der Waals surface area contributed by atoms with Crippen LogP contribution in [0.25, 0.3) is 0 Å². The topological polar surface area (TPSA) is 81.9 Å². The van der Waals surface area contributed by atoms with E-state index in [1.165, 1.54) is 23.1 Å². The number of nitrogens with one attached hydrogen (secondary N) is 1. The van der Waals surface area contributed by atoms with Gasteiger partial charge < -0.3 is 14.6 Å². The van der Waals surface area contributed by atoms with Gasteiger partial charge in [0.25, 0.3) is 0 Å². The summed E-state index contributed by atoms with van der Waals surface area (Å²) in [5.41, 5.74) is 0. The third-order valence-corrected chi connectivity index (χ3v) is 5.15. The Labute approximate surface area is 159 Å². The van der Waals surface area contributed by atoms with Crippen LogP contribution in [-0.2, 0) is 11.3 Å². The molecule has 0 bridgehead atoms. The second-order valence-corrected chi connectivity index (χ2v) is 7.17. The third kappa shape index (κ3) is 4.61. The number of nitrogens with zero attached hydrogens (tertiary/aromatic N) is 4. The molecular weight excluding hydrogens is 370 g/mol. The molecule has 1 aromatic carbocycles. The fraction of sp³-hybridized carbons (Fsp3) is 0.294. The minimum Gasteiger partial charge on any atom is -0.483 e. The fourth-order valence-electron chi connectivity index (χ4n) is 2.33. The van der Waals surface area contributed by atoms with Crippen molar-refractivity contribution in [2.75, 3.05) is 11.1 Å². The Morgan fingerprint density at radius 2 is 2.15 bits per heavy atom. The summed E-state index contributed by atoms with van der Waals surface area (Å²) < 4.78 is 7.90. The number of aromatic nitrogens is 4. The molecular formula is C17H19N5O2S2. The van der Waals surface area contributed by atoms with Crippen molar-refractivity contribution in [3.05, 3.63) is 47.7 Å². The number of para-hydroxylation sites is 1. The molecule has 2 aromatic heterocycles. The van der Waals surface area contributed by atoms with E-state index < -0.39 is 0 Å². The number of carbonyl (C=O) groups excluding carboxylic acids is 1. The highest BCUT2D eigenvalue weighted by Gasteiger charge is 2.19. The molecule has 9 heteroatoms. The highest BCUT2D eigenvalue weighted by Crippen LogP contribution is 2.24. The first-order valence-electron chi connectivity index (χ1n) is 8.14. The predicted molar refractivity (Wildman–Crippen MR) is 103 cm³/mol. The van der Waals surface area contributed by atoms with E-state index in [0.717, 1.165) is 11.6 Å². The molecule has 7 nitrogen and oxygen atoms in total. The molecule has 1 N–H and O–H groups in total. The van der Waals surface area contributed by atoms with Gasteiger partial charge in [0.2, 0.25) is 5.91 Å². The molecule has 0 fully saturated rings. The molecule has 0 aliphatic carbocycles. The molecule has 1 amide bonds. The number of thiazole rings is 1. The molecule has 0 radical (unpaired) electrons. The number of hydrogen-bond acceptors (Lipinski definition) is 7. The largest absolute Gasteiger partial charge is 0.483 e. The van der Waals surface area contributed by atoms with E-state index in [2.05, 4.69) is 20.5 Å². The van der Waals surface area contributed by atoms with Crippen molar-refractivity contribution in [2.45, 2.75) is 31.7 Å². The van der Waals surface area contributed by atoms with Crippen molar-refractivity contribution >= 4 is 34.1 Å². The summed E-state index contributed by atoms with van der Waals surface area (Å²) in [5.74, 6) is 1.64. The molecule has 0 aliphatic heterocycles. The van der Waals surface area contributed by atoms with Crippen LogP contribution in [0.3, 0.4) is 0 Å². The van der Waals surface area contributed by atoms with Crippen molar-refractivity contribution in [1.29, 1.82) is 0 Å². The monoisotopic (exact) mass is 389 g/mol. The van der Waals surface area contributed by atoms with Crippen LogP contribution in [0.2, 0.25) is 0 Å². The zero-order chi connectivity index (χ0) is 18.4. The average Bonchev–Trinajstić information content (AvgIpc) is 3.30. The number of thioether (sulfide) groups is 1. The first-order chi connectivity index (χ1) is 12.7. The number of hydrogen-bond donors (Lipinski definition) is 1. The maximum atomic E-state index is 12.0. The quantitative estimate of drug-likeness (QED) is 0.593. The summed E-state index contributed by atoms with van der Waals surface area (Å²) in [6.07, 6.45) is 1.41. The third-order valence-electron chi connectivity index (χ3n) is 3.49. The van der Waals surface area contributed by atoms with Gasteiger partial charge in [-0.2, -0.15) is 0 Å². The van der Waals surface area contributed by atoms with E-state index in [0.29, 0.717) is 16.8 Å². The van der Waals surface area contributed by atoms with E-state index in [4.69, 9.17) is 4.74 Å².